The van der Waals surface area contributed by atoms with Gasteiger partial charge in [0.2, 0.25) is 0 Å². The van der Waals surface area contributed by atoms with E-state index in [-0.39, 0.29) is 0 Å². The van der Waals surface area contributed by atoms with E-state index in [4.69, 9.17) is 43.6 Å². The molecule has 0 rings (SSSR count). The standard InChI is InChI=1S/C32H67NO8/c1-2-3-4-5-6-7-8-9-10-11-12-13-14-15-17-34-19-21-36-23-25-38-27-29-40-31-32-41-30-28-39-26-24-37-22-20-35-18-16-33/h2-33H2,1H3. The highest BCUT2D eigenvalue weighted by Gasteiger charge is 1.97. The predicted octanol–water partition coefficient (Wildman–Crippen LogP) is 5.56. The second-order valence-electron chi connectivity index (χ2n) is 10.3. The number of unbranched alkanes of at least 4 members (excludes halogenated alkanes) is 13. The summed E-state index contributed by atoms with van der Waals surface area (Å²) in [7, 11) is 0. The summed E-state index contributed by atoms with van der Waals surface area (Å²) in [6.45, 7) is 12.2. The van der Waals surface area contributed by atoms with Crippen molar-refractivity contribution in [1.82, 2.24) is 0 Å². The molecule has 248 valence electrons. The molecule has 0 aromatic heterocycles. The van der Waals surface area contributed by atoms with Crippen LogP contribution < -0.4 is 5.73 Å². The van der Waals surface area contributed by atoms with Crippen LogP contribution in [0.25, 0.3) is 0 Å². The average Bonchev–Trinajstić information content (AvgIpc) is 2.98. The van der Waals surface area contributed by atoms with E-state index in [1.807, 2.05) is 0 Å². The largest absolute Gasteiger partial charge is 0.379 e. The number of hydrogen-bond acceptors (Lipinski definition) is 9. The van der Waals surface area contributed by atoms with Crippen molar-refractivity contribution in [1.29, 1.82) is 0 Å². The van der Waals surface area contributed by atoms with E-state index >= 15 is 0 Å². The van der Waals surface area contributed by atoms with Crippen molar-refractivity contribution in [2.45, 2.75) is 96.8 Å². The molecule has 0 spiro atoms. The molecule has 9 nitrogen and oxygen atoms in total. The molecule has 9 heteroatoms. The van der Waals surface area contributed by atoms with Crippen molar-refractivity contribution in [3.05, 3.63) is 0 Å². The van der Waals surface area contributed by atoms with Crippen LogP contribution in [-0.4, -0.2) is 112 Å². The van der Waals surface area contributed by atoms with Gasteiger partial charge in [-0.2, -0.15) is 0 Å². The molecule has 2 N–H and O–H groups in total. The minimum Gasteiger partial charge on any atom is -0.379 e. The zero-order chi connectivity index (χ0) is 29.6. The number of rotatable bonds is 38. The molecular formula is C32H67NO8. The van der Waals surface area contributed by atoms with Gasteiger partial charge in [-0.05, 0) is 6.42 Å². The maximum absolute atomic E-state index is 5.67. The Labute approximate surface area is 252 Å². The summed E-state index contributed by atoms with van der Waals surface area (Å²) in [5.74, 6) is 0. The summed E-state index contributed by atoms with van der Waals surface area (Å²) in [6, 6.07) is 0. The Morgan fingerprint density at radius 3 is 0.756 bits per heavy atom. The summed E-state index contributed by atoms with van der Waals surface area (Å²) >= 11 is 0. The summed E-state index contributed by atoms with van der Waals surface area (Å²) in [4.78, 5) is 0. The first-order chi connectivity index (χ1) is 20.4. The summed E-state index contributed by atoms with van der Waals surface area (Å²) in [5.41, 5.74) is 5.33. The van der Waals surface area contributed by atoms with E-state index in [0.29, 0.717) is 106 Å². The van der Waals surface area contributed by atoms with Gasteiger partial charge < -0.3 is 43.6 Å². The molecule has 0 heterocycles. The molecule has 0 aromatic carbocycles. The van der Waals surface area contributed by atoms with Gasteiger partial charge in [0.1, 0.15) is 0 Å². The Morgan fingerprint density at radius 1 is 0.268 bits per heavy atom. The summed E-state index contributed by atoms with van der Waals surface area (Å²) in [6.07, 6.45) is 19.3. The van der Waals surface area contributed by atoms with Crippen LogP contribution in [0.1, 0.15) is 96.8 Å². The zero-order valence-electron chi connectivity index (χ0n) is 26.8. The number of ether oxygens (including phenoxy) is 8. The van der Waals surface area contributed by atoms with Gasteiger partial charge in [-0.25, -0.2) is 0 Å². The molecule has 0 aliphatic heterocycles. The Balaban J connectivity index is 3.02. The Bertz CT molecular complexity index is 410. The lowest BCUT2D eigenvalue weighted by atomic mass is 10.0. The molecule has 0 amide bonds. The van der Waals surface area contributed by atoms with Crippen LogP contribution in [0.15, 0.2) is 0 Å². The van der Waals surface area contributed by atoms with Crippen molar-refractivity contribution in [2.24, 2.45) is 5.73 Å². The number of hydrogen-bond donors (Lipinski definition) is 1. The third-order valence-corrected chi connectivity index (χ3v) is 6.51. The summed E-state index contributed by atoms with van der Waals surface area (Å²) < 4.78 is 43.7. The van der Waals surface area contributed by atoms with E-state index in [9.17, 15) is 0 Å². The summed E-state index contributed by atoms with van der Waals surface area (Å²) in [5, 5.41) is 0. The Kier molecular flexibility index (Phi) is 39.3. The predicted molar refractivity (Wildman–Crippen MR) is 166 cm³/mol. The Hall–Kier alpha value is -0.360. The molecular weight excluding hydrogens is 526 g/mol. The van der Waals surface area contributed by atoms with Crippen molar-refractivity contribution in [3.8, 4) is 0 Å². The quantitative estimate of drug-likeness (QED) is 0.0923. The average molecular weight is 594 g/mol. The van der Waals surface area contributed by atoms with E-state index in [2.05, 4.69) is 6.92 Å². The van der Waals surface area contributed by atoms with E-state index in [0.717, 1.165) is 13.0 Å². The lowest BCUT2D eigenvalue weighted by Gasteiger charge is -2.08. The highest BCUT2D eigenvalue weighted by molar-refractivity contribution is 4.49. The molecule has 0 unspecified atom stereocenters. The number of nitrogens with two attached hydrogens (primary N) is 1. The molecule has 0 aliphatic carbocycles. The Morgan fingerprint density at radius 2 is 0.488 bits per heavy atom. The smallest absolute Gasteiger partial charge is 0.0701 e. The van der Waals surface area contributed by atoms with Crippen LogP contribution >= 0.6 is 0 Å². The second-order valence-corrected chi connectivity index (χ2v) is 10.3. The maximum Gasteiger partial charge on any atom is 0.0701 e. The van der Waals surface area contributed by atoms with Gasteiger partial charge in [-0.1, -0.05) is 90.4 Å². The van der Waals surface area contributed by atoms with Crippen LogP contribution in [0.2, 0.25) is 0 Å². The lowest BCUT2D eigenvalue weighted by molar-refractivity contribution is -0.0230. The van der Waals surface area contributed by atoms with Crippen molar-refractivity contribution in [2.75, 3.05) is 112 Å². The molecule has 0 saturated heterocycles. The lowest BCUT2D eigenvalue weighted by Crippen LogP contribution is -2.15. The van der Waals surface area contributed by atoms with Gasteiger partial charge in [-0.3, -0.25) is 0 Å². The van der Waals surface area contributed by atoms with Crippen LogP contribution in [0.4, 0.5) is 0 Å². The SMILES string of the molecule is CCCCCCCCCCCCCCCCOCCOCCOCCOCCOCCOCCOCCOCCN. The molecule has 0 aromatic rings. The van der Waals surface area contributed by atoms with Crippen molar-refractivity contribution in [3.63, 3.8) is 0 Å². The van der Waals surface area contributed by atoms with Gasteiger partial charge >= 0.3 is 0 Å². The van der Waals surface area contributed by atoms with Gasteiger partial charge in [0.25, 0.3) is 0 Å². The van der Waals surface area contributed by atoms with Crippen molar-refractivity contribution < 1.29 is 37.9 Å². The molecule has 0 saturated carbocycles. The second kappa shape index (κ2) is 39.6. The molecule has 0 atom stereocenters. The van der Waals surface area contributed by atoms with Gasteiger partial charge in [-0.15, -0.1) is 0 Å². The highest BCUT2D eigenvalue weighted by Crippen LogP contribution is 2.12. The molecule has 0 bridgehead atoms. The van der Waals surface area contributed by atoms with Crippen LogP contribution in [0, 0.1) is 0 Å². The first-order valence-electron chi connectivity index (χ1n) is 16.7. The zero-order valence-corrected chi connectivity index (χ0v) is 26.8. The minimum atomic E-state index is 0.535. The fraction of sp³-hybridized carbons (Fsp3) is 1.00. The van der Waals surface area contributed by atoms with Crippen LogP contribution in [0.3, 0.4) is 0 Å². The first kappa shape index (κ1) is 40.6. The van der Waals surface area contributed by atoms with Gasteiger partial charge in [0.05, 0.1) is 99.1 Å². The van der Waals surface area contributed by atoms with Gasteiger partial charge in [0.15, 0.2) is 0 Å². The third kappa shape index (κ3) is 39.6. The molecule has 0 radical (unpaired) electrons. The first-order valence-corrected chi connectivity index (χ1v) is 16.7. The van der Waals surface area contributed by atoms with Crippen LogP contribution in [0.5, 0.6) is 0 Å². The van der Waals surface area contributed by atoms with Crippen molar-refractivity contribution >= 4 is 0 Å². The normalized spacial score (nSPS) is 11.6. The van der Waals surface area contributed by atoms with E-state index in [1.54, 1.807) is 0 Å². The van der Waals surface area contributed by atoms with Crippen LogP contribution in [-0.2, 0) is 37.9 Å². The molecule has 0 fully saturated rings. The molecule has 0 aliphatic rings. The highest BCUT2D eigenvalue weighted by atomic mass is 16.6. The fourth-order valence-corrected chi connectivity index (χ4v) is 4.12. The fourth-order valence-electron chi connectivity index (χ4n) is 4.12. The topological polar surface area (TPSA) is 99.9 Å². The van der Waals surface area contributed by atoms with E-state index < -0.39 is 0 Å². The molecule has 41 heavy (non-hydrogen) atoms. The van der Waals surface area contributed by atoms with E-state index in [1.165, 1.54) is 83.5 Å². The third-order valence-electron chi connectivity index (χ3n) is 6.51. The maximum atomic E-state index is 5.67. The van der Waals surface area contributed by atoms with Gasteiger partial charge in [0, 0.05) is 13.2 Å². The minimum absolute atomic E-state index is 0.535. The monoisotopic (exact) mass is 593 g/mol.